The monoisotopic (exact) mass is 176 g/mol. The fourth-order valence-electron chi connectivity index (χ4n) is 0.510. The maximum Gasteiger partial charge on any atom is 0.0621 e. The lowest BCUT2D eigenvalue weighted by atomic mass is 10.3. The standard InChI is InChI=1S/C9H20OS/c1-9(10)7-6-8-11(2,3,4)5/h9-11H,7H2,1-5H3. The van der Waals surface area contributed by atoms with Gasteiger partial charge in [-0.15, -0.1) is 0 Å². The van der Waals surface area contributed by atoms with Crippen LogP contribution in [0.2, 0.25) is 0 Å². The Hall–Kier alpha value is -0.130. The summed E-state index contributed by atoms with van der Waals surface area (Å²) in [6, 6.07) is 0. The van der Waals surface area contributed by atoms with Crippen LogP contribution >= 0.6 is 9.16 Å². The molecule has 0 amide bonds. The van der Waals surface area contributed by atoms with E-state index in [2.05, 4.69) is 36.2 Å². The molecule has 0 aliphatic carbocycles. The third-order valence-electron chi connectivity index (χ3n) is 0.924. The average Bonchev–Trinajstić information content (AvgIpc) is 1.56. The van der Waals surface area contributed by atoms with Crippen LogP contribution in [0.15, 0.2) is 0 Å². The Morgan fingerprint density at radius 3 is 2.00 bits per heavy atom. The van der Waals surface area contributed by atoms with Crippen molar-refractivity contribution in [1.82, 2.24) is 0 Å². The van der Waals surface area contributed by atoms with Crippen molar-refractivity contribution in [2.75, 3.05) is 25.0 Å². The molecule has 0 aliphatic rings. The summed E-state index contributed by atoms with van der Waals surface area (Å²) in [6.45, 7) is 1.76. The van der Waals surface area contributed by atoms with E-state index >= 15 is 0 Å². The second kappa shape index (κ2) is 3.08. The lowest BCUT2D eigenvalue weighted by Crippen LogP contribution is -2.06. The van der Waals surface area contributed by atoms with Crippen molar-refractivity contribution in [3.63, 3.8) is 0 Å². The van der Waals surface area contributed by atoms with Gasteiger partial charge in [0.1, 0.15) is 0 Å². The molecule has 0 fully saturated rings. The zero-order valence-corrected chi connectivity index (χ0v) is 9.07. The molecule has 0 bridgehead atoms. The molecular formula is C9H20OS. The molecule has 1 atom stereocenters. The van der Waals surface area contributed by atoms with E-state index in [9.17, 15) is 0 Å². The van der Waals surface area contributed by atoms with Crippen molar-refractivity contribution in [3.8, 4) is 11.2 Å². The summed E-state index contributed by atoms with van der Waals surface area (Å²) < 4.78 is 0. The molecule has 2 heteroatoms. The Labute approximate surface area is 70.5 Å². The molecule has 11 heavy (non-hydrogen) atoms. The van der Waals surface area contributed by atoms with Gasteiger partial charge in [-0.1, -0.05) is 11.2 Å². The van der Waals surface area contributed by atoms with E-state index in [4.69, 9.17) is 5.11 Å². The second-order valence-corrected chi connectivity index (χ2v) is 12.3. The highest BCUT2D eigenvalue weighted by atomic mass is 32.3. The number of hydrogen-bond donors (Lipinski definition) is 2. The van der Waals surface area contributed by atoms with Crippen LogP contribution in [-0.4, -0.2) is 36.2 Å². The molecule has 68 valence electrons. The Morgan fingerprint density at radius 2 is 1.73 bits per heavy atom. The molecule has 0 heterocycles. The number of rotatable bonds is 1. The van der Waals surface area contributed by atoms with Gasteiger partial charge in [0.25, 0.3) is 0 Å². The summed E-state index contributed by atoms with van der Waals surface area (Å²) in [7, 11) is -1.65. The van der Waals surface area contributed by atoms with Gasteiger partial charge < -0.3 is 5.11 Å². The smallest absolute Gasteiger partial charge is 0.0621 e. The van der Waals surface area contributed by atoms with Crippen LogP contribution in [-0.2, 0) is 0 Å². The van der Waals surface area contributed by atoms with Gasteiger partial charge in [0, 0.05) is 6.42 Å². The van der Waals surface area contributed by atoms with Crippen molar-refractivity contribution in [2.45, 2.75) is 19.4 Å². The van der Waals surface area contributed by atoms with Gasteiger partial charge in [0.15, 0.2) is 0 Å². The number of aliphatic hydroxyl groups is 1. The Morgan fingerprint density at radius 1 is 1.27 bits per heavy atom. The van der Waals surface area contributed by atoms with Crippen molar-refractivity contribution < 1.29 is 5.11 Å². The Balaban J connectivity index is 4.10. The molecule has 0 aliphatic heterocycles. The SMILES string of the molecule is CC(O)CC#C[SH](C)(C)(C)C. The highest BCUT2D eigenvalue weighted by Crippen LogP contribution is 2.54. The van der Waals surface area contributed by atoms with Crippen LogP contribution in [0.1, 0.15) is 13.3 Å². The normalized spacial score (nSPS) is 17.5. The van der Waals surface area contributed by atoms with E-state index < -0.39 is 9.16 Å². The predicted octanol–water partition coefficient (Wildman–Crippen LogP) is 1.31. The molecule has 0 spiro atoms. The van der Waals surface area contributed by atoms with E-state index in [0.717, 1.165) is 0 Å². The highest BCUT2D eigenvalue weighted by Gasteiger charge is 2.12. The van der Waals surface area contributed by atoms with Gasteiger partial charge in [-0.3, -0.25) is 0 Å². The molecule has 0 saturated carbocycles. The number of thiol groups is 1. The van der Waals surface area contributed by atoms with Crippen LogP contribution in [0.4, 0.5) is 0 Å². The third-order valence-corrected chi connectivity index (χ3v) is 1.98. The largest absolute Gasteiger partial charge is 0.392 e. The van der Waals surface area contributed by atoms with Gasteiger partial charge in [-0.2, -0.15) is 0 Å². The van der Waals surface area contributed by atoms with Gasteiger partial charge in [-0.05, 0) is 31.9 Å². The molecule has 1 nitrogen and oxygen atoms in total. The maximum absolute atomic E-state index is 8.95. The first kappa shape index (κ1) is 10.9. The number of aliphatic hydroxyl groups excluding tert-OH is 1. The van der Waals surface area contributed by atoms with Crippen molar-refractivity contribution in [1.29, 1.82) is 0 Å². The molecule has 1 unspecified atom stereocenters. The zero-order chi connectivity index (χ0) is 9.15. The van der Waals surface area contributed by atoms with Crippen LogP contribution in [0.5, 0.6) is 0 Å². The van der Waals surface area contributed by atoms with E-state index in [-0.39, 0.29) is 6.10 Å². The molecule has 0 aromatic heterocycles. The first-order valence-electron chi connectivity index (χ1n) is 3.86. The maximum atomic E-state index is 8.95. The van der Waals surface area contributed by atoms with Crippen molar-refractivity contribution in [2.24, 2.45) is 0 Å². The van der Waals surface area contributed by atoms with Gasteiger partial charge in [0.05, 0.1) is 6.10 Å². The summed E-state index contributed by atoms with van der Waals surface area (Å²) in [5, 5.41) is 12.2. The van der Waals surface area contributed by atoms with Gasteiger partial charge in [0.2, 0.25) is 0 Å². The zero-order valence-electron chi connectivity index (χ0n) is 8.18. The summed E-state index contributed by atoms with van der Waals surface area (Å²) in [4.78, 5) is 0. The van der Waals surface area contributed by atoms with E-state index in [1.54, 1.807) is 6.92 Å². The molecule has 0 aromatic carbocycles. The average molecular weight is 176 g/mol. The minimum absolute atomic E-state index is 0.291. The molecule has 0 rings (SSSR count). The quantitative estimate of drug-likeness (QED) is 0.456. The summed E-state index contributed by atoms with van der Waals surface area (Å²) in [5.74, 6) is 3.02. The van der Waals surface area contributed by atoms with E-state index in [1.165, 1.54) is 0 Å². The summed E-state index contributed by atoms with van der Waals surface area (Å²) >= 11 is 0. The molecule has 1 N–H and O–H groups in total. The minimum atomic E-state index is -1.65. The van der Waals surface area contributed by atoms with E-state index in [0.29, 0.717) is 6.42 Å². The molecular weight excluding hydrogens is 156 g/mol. The van der Waals surface area contributed by atoms with Crippen LogP contribution in [0, 0.1) is 11.2 Å². The van der Waals surface area contributed by atoms with Gasteiger partial charge >= 0.3 is 0 Å². The van der Waals surface area contributed by atoms with Crippen molar-refractivity contribution in [3.05, 3.63) is 0 Å². The second-order valence-electron chi connectivity index (χ2n) is 4.92. The summed E-state index contributed by atoms with van der Waals surface area (Å²) in [6.07, 6.45) is 9.14. The van der Waals surface area contributed by atoms with Crippen LogP contribution < -0.4 is 0 Å². The predicted molar refractivity (Wildman–Crippen MR) is 56.8 cm³/mol. The first-order valence-corrected chi connectivity index (χ1v) is 7.88. The fraction of sp³-hybridized carbons (Fsp3) is 0.778. The summed E-state index contributed by atoms with van der Waals surface area (Å²) in [5.41, 5.74) is 0. The van der Waals surface area contributed by atoms with Crippen molar-refractivity contribution >= 4 is 9.16 Å². The Kier molecular flexibility index (Phi) is 3.05. The highest BCUT2D eigenvalue weighted by molar-refractivity contribution is 8.51. The molecule has 0 radical (unpaired) electrons. The molecule has 0 saturated heterocycles. The van der Waals surface area contributed by atoms with E-state index in [1.807, 2.05) is 0 Å². The minimum Gasteiger partial charge on any atom is -0.392 e. The van der Waals surface area contributed by atoms with Gasteiger partial charge in [-0.25, -0.2) is 9.16 Å². The lowest BCUT2D eigenvalue weighted by Gasteiger charge is -2.40. The first-order chi connectivity index (χ1) is 4.67. The Bertz CT molecular complexity index is 178. The molecule has 0 aromatic rings. The third kappa shape index (κ3) is 9.87. The lowest BCUT2D eigenvalue weighted by molar-refractivity contribution is 0.201. The fourth-order valence-corrected chi connectivity index (χ4v) is 1.23. The number of hydrogen-bond acceptors (Lipinski definition) is 1. The van der Waals surface area contributed by atoms with Crippen LogP contribution in [0.25, 0.3) is 0 Å². The van der Waals surface area contributed by atoms with Crippen LogP contribution in [0.3, 0.4) is 0 Å². The topological polar surface area (TPSA) is 20.2 Å².